The van der Waals surface area contributed by atoms with Crippen LogP contribution < -0.4 is 10.2 Å². The minimum absolute atomic E-state index is 0.542. The molecule has 0 saturated carbocycles. The van der Waals surface area contributed by atoms with Crippen LogP contribution in [0.15, 0.2) is 18.2 Å². The molecule has 1 aliphatic heterocycles. The largest absolute Gasteiger partial charge is 0.365 e. The van der Waals surface area contributed by atoms with Crippen molar-refractivity contribution < 1.29 is 0 Å². The molecule has 0 radical (unpaired) electrons. The minimum Gasteiger partial charge on any atom is -0.365 e. The second kappa shape index (κ2) is 6.15. The van der Waals surface area contributed by atoms with E-state index in [1.165, 1.54) is 17.7 Å². The molecule has 1 fully saturated rings. The van der Waals surface area contributed by atoms with Gasteiger partial charge in [0.05, 0.1) is 0 Å². The minimum atomic E-state index is 0.542. The Morgan fingerprint density at radius 3 is 2.79 bits per heavy atom. The second-order valence-corrected chi connectivity index (χ2v) is 6.27. The standard InChI is InChI=1S/C16H25ClN2/c1-5-13-10-19(16(9-18-13)11(2)3)15-8-6-7-14(17)12(15)4/h6-8,11,13,16,18H,5,9-10H2,1-4H3. The summed E-state index contributed by atoms with van der Waals surface area (Å²) in [7, 11) is 0. The van der Waals surface area contributed by atoms with Gasteiger partial charge in [0.25, 0.3) is 0 Å². The van der Waals surface area contributed by atoms with Crippen molar-refractivity contribution in [1.29, 1.82) is 0 Å². The smallest absolute Gasteiger partial charge is 0.0455 e. The van der Waals surface area contributed by atoms with E-state index in [0.29, 0.717) is 18.0 Å². The molecule has 2 unspecified atom stereocenters. The third kappa shape index (κ3) is 3.06. The summed E-state index contributed by atoms with van der Waals surface area (Å²) < 4.78 is 0. The van der Waals surface area contributed by atoms with Crippen LogP contribution in [-0.4, -0.2) is 25.2 Å². The molecule has 1 heterocycles. The lowest BCUT2D eigenvalue weighted by molar-refractivity contribution is 0.333. The molecule has 2 nitrogen and oxygen atoms in total. The number of benzene rings is 1. The van der Waals surface area contributed by atoms with E-state index < -0.39 is 0 Å². The molecule has 3 heteroatoms. The van der Waals surface area contributed by atoms with E-state index in [1.54, 1.807) is 0 Å². The summed E-state index contributed by atoms with van der Waals surface area (Å²) in [5, 5.41) is 4.53. The molecule has 0 bridgehead atoms. The molecule has 1 saturated heterocycles. The first-order valence-electron chi connectivity index (χ1n) is 7.29. The van der Waals surface area contributed by atoms with Crippen molar-refractivity contribution in [2.24, 2.45) is 5.92 Å². The lowest BCUT2D eigenvalue weighted by Crippen LogP contribution is -2.58. The average Bonchev–Trinajstić information content (AvgIpc) is 2.41. The Kier molecular flexibility index (Phi) is 4.75. The predicted octanol–water partition coefficient (Wildman–Crippen LogP) is 3.86. The van der Waals surface area contributed by atoms with Gasteiger partial charge in [0.1, 0.15) is 0 Å². The lowest BCUT2D eigenvalue weighted by atomic mass is 9.96. The molecule has 1 N–H and O–H groups in total. The maximum atomic E-state index is 6.29. The van der Waals surface area contributed by atoms with Crippen LogP contribution in [0, 0.1) is 12.8 Å². The van der Waals surface area contributed by atoms with Crippen molar-refractivity contribution in [3.63, 3.8) is 0 Å². The second-order valence-electron chi connectivity index (χ2n) is 5.86. The van der Waals surface area contributed by atoms with Gasteiger partial charge in [-0.1, -0.05) is 38.4 Å². The molecule has 0 aromatic heterocycles. The van der Waals surface area contributed by atoms with Gasteiger partial charge in [-0.05, 0) is 37.0 Å². The topological polar surface area (TPSA) is 15.3 Å². The normalized spacial score (nSPS) is 24.0. The first-order chi connectivity index (χ1) is 9.04. The Labute approximate surface area is 122 Å². The first-order valence-corrected chi connectivity index (χ1v) is 7.67. The summed E-state index contributed by atoms with van der Waals surface area (Å²) in [6, 6.07) is 7.36. The van der Waals surface area contributed by atoms with Gasteiger partial charge in [0.2, 0.25) is 0 Å². The molecular formula is C16H25ClN2. The van der Waals surface area contributed by atoms with Crippen molar-refractivity contribution in [2.75, 3.05) is 18.0 Å². The number of anilines is 1. The molecule has 0 spiro atoms. The Morgan fingerprint density at radius 1 is 1.42 bits per heavy atom. The SMILES string of the molecule is CCC1CN(c2cccc(Cl)c2C)C(C(C)C)CN1. The van der Waals surface area contributed by atoms with E-state index in [-0.39, 0.29) is 0 Å². The fraction of sp³-hybridized carbons (Fsp3) is 0.625. The van der Waals surface area contributed by atoms with Crippen LogP contribution in [0.25, 0.3) is 0 Å². The van der Waals surface area contributed by atoms with Crippen LogP contribution in [0.2, 0.25) is 5.02 Å². The van der Waals surface area contributed by atoms with Gasteiger partial charge < -0.3 is 10.2 Å². The fourth-order valence-corrected chi connectivity index (χ4v) is 3.06. The zero-order chi connectivity index (χ0) is 14.0. The maximum absolute atomic E-state index is 6.29. The van der Waals surface area contributed by atoms with E-state index >= 15 is 0 Å². The number of piperazine rings is 1. The lowest BCUT2D eigenvalue weighted by Gasteiger charge is -2.44. The van der Waals surface area contributed by atoms with Gasteiger partial charge >= 0.3 is 0 Å². The van der Waals surface area contributed by atoms with Crippen molar-refractivity contribution in [3.8, 4) is 0 Å². The van der Waals surface area contributed by atoms with Crippen LogP contribution >= 0.6 is 11.6 Å². The molecule has 1 aliphatic rings. The number of halogens is 1. The quantitative estimate of drug-likeness (QED) is 0.904. The molecule has 2 atom stereocenters. The van der Waals surface area contributed by atoms with E-state index in [1.807, 2.05) is 6.07 Å². The van der Waals surface area contributed by atoms with Crippen LogP contribution in [0.3, 0.4) is 0 Å². The van der Waals surface area contributed by atoms with Gasteiger partial charge in [-0.15, -0.1) is 0 Å². The highest BCUT2D eigenvalue weighted by atomic mass is 35.5. The maximum Gasteiger partial charge on any atom is 0.0455 e. The number of hydrogen-bond acceptors (Lipinski definition) is 2. The van der Waals surface area contributed by atoms with Gasteiger partial charge in [0, 0.05) is 35.9 Å². The molecular weight excluding hydrogens is 256 g/mol. The Hall–Kier alpha value is -0.730. The van der Waals surface area contributed by atoms with Crippen molar-refractivity contribution in [3.05, 3.63) is 28.8 Å². The molecule has 106 valence electrons. The summed E-state index contributed by atoms with van der Waals surface area (Å²) >= 11 is 6.29. The van der Waals surface area contributed by atoms with E-state index in [4.69, 9.17) is 11.6 Å². The molecule has 19 heavy (non-hydrogen) atoms. The molecule has 2 rings (SSSR count). The highest BCUT2D eigenvalue weighted by molar-refractivity contribution is 6.31. The highest BCUT2D eigenvalue weighted by Gasteiger charge is 2.30. The van der Waals surface area contributed by atoms with Crippen LogP contribution in [-0.2, 0) is 0 Å². The van der Waals surface area contributed by atoms with Crippen LogP contribution in [0.4, 0.5) is 5.69 Å². The number of nitrogens with zero attached hydrogens (tertiary/aromatic N) is 1. The summed E-state index contributed by atoms with van der Waals surface area (Å²) in [6.45, 7) is 11.1. The summed E-state index contributed by atoms with van der Waals surface area (Å²) in [6.07, 6.45) is 1.17. The third-order valence-corrected chi connectivity index (χ3v) is 4.65. The zero-order valence-corrected chi connectivity index (χ0v) is 13.2. The fourth-order valence-electron chi connectivity index (χ4n) is 2.89. The summed E-state index contributed by atoms with van der Waals surface area (Å²) in [5.74, 6) is 0.628. The molecule has 0 aliphatic carbocycles. The summed E-state index contributed by atoms with van der Waals surface area (Å²) in [4.78, 5) is 2.55. The number of nitrogens with one attached hydrogen (secondary N) is 1. The van der Waals surface area contributed by atoms with Gasteiger partial charge in [-0.3, -0.25) is 0 Å². The average molecular weight is 281 g/mol. The van der Waals surface area contributed by atoms with Gasteiger partial charge in [-0.2, -0.15) is 0 Å². The van der Waals surface area contributed by atoms with E-state index in [0.717, 1.165) is 18.1 Å². The van der Waals surface area contributed by atoms with Crippen molar-refractivity contribution in [2.45, 2.75) is 46.2 Å². The molecule has 1 aromatic rings. The first kappa shape index (κ1) is 14.7. The number of hydrogen-bond donors (Lipinski definition) is 1. The zero-order valence-electron chi connectivity index (χ0n) is 12.4. The van der Waals surface area contributed by atoms with E-state index in [9.17, 15) is 0 Å². The van der Waals surface area contributed by atoms with Crippen molar-refractivity contribution in [1.82, 2.24) is 5.32 Å². The Bertz CT molecular complexity index is 431. The van der Waals surface area contributed by atoms with Gasteiger partial charge in [-0.25, -0.2) is 0 Å². The van der Waals surface area contributed by atoms with Crippen LogP contribution in [0.1, 0.15) is 32.8 Å². The van der Waals surface area contributed by atoms with Gasteiger partial charge in [0.15, 0.2) is 0 Å². The summed E-state index contributed by atoms with van der Waals surface area (Å²) in [5.41, 5.74) is 2.50. The van der Waals surface area contributed by atoms with Crippen molar-refractivity contribution >= 4 is 17.3 Å². The molecule has 1 aromatic carbocycles. The molecule has 0 amide bonds. The van der Waals surface area contributed by atoms with E-state index in [2.05, 4.69) is 50.0 Å². The monoisotopic (exact) mass is 280 g/mol. The number of rotatable bonds is 3. The third-order valence-electron chi connectivity index (χ3n) is 4.24. The van der Waals surface area contributed by atoms with Crippen LogP contribution in [0.5, 0.6) is 0 Å². The Balaban J connectivity index is 2.33. The highest BCUT2D eigenvalue weighted by Crippen LogP contribution is 2.31. The predicted molar refractivity (Wildman–Crippen MR) is 84.2 cm³/mol. The Morgan fingerprint density at radius 2 is 2.16 bits per heavy atom.